The van der Waals surface area contributed by atoms with Crippen molar-refractivity contribution in [2.75, 3.05) is 40.4 Å². The first kappa shape index (κ1) is 19.6. The van der Waals surface area contributed by atoms with E-state index >= 15 is 0 Å². The highest BCUT2D eigenvalue weighted by Gasteiger charge is 2.32. The number of sulfonamides is 1. The van der Waals surface area contributed by atoms with E-state index in [1.165, 1.54) is 30.7 Å². The molecule has 0 unspecified atom stereocenters. The quantitative estimate of drug-likeness (QED) is 0.724. The number of aryl methyl sites for hydroxylation is 1. The number of aromatic nitrogens is 2. The molecule has 1 aliphatic heterocycles. The number of benzene rings is 1. The average molecular weight is 396 g/mol. The van der Waals surface area contributed by atoms with Crippen LogP contribution in [-0.2, 0) is 10.0 Å². The fourth-order valence-corrected chi connectivity index (χ4v) is 4.53. The number of hydrogen-bond acceptors (Lipinski definition) is 8. The van der Waals surface area contributed by atoms with E-state index in [-0.39, 0.29) is 10.9 Å². The molecule has 10 heteroatoms. The fourth-order valence-electron chi connectivity index (χ4n) is 3.10. The Morgan fingerprint density at radius 1 is 1.11 bits per heavy atom. The highest BCUT2D eigenvalue weighted by molar-refractivity contribution is 7.89. The summed E-state index contributed by atoms with van der Waals surface area (Å²) in [5.41, 5.74) is 0. The van der Waals surface area contributed by atoms with Crippen LogP contribution in [0.1, 0.15) is 24.7 Å². The molecule has 2 heterocycles. The van der Waals surface area contributed by atoms with E-state index in [9.17, 15) is 8.42 Å². The molecule has 1 aromatic heterocycles. The van der Waals surface area contributed by atoms with Gasteiger partial charge in [0.2, 0.25) is 15.9 Å². The molecule has 1 saturated heterocycles. The summed E-state index contributed by atoms with van der Waals surface area (Å²) in [4.78, 5) is 6.58. The summed E-state index contributed by atoms with van der Waals surface area (Å²) in [6, 6.07) is 4.57. The van der Waals surface area contributed by atoms with Crippen LogP contribution in [0.2, 0.25) is 0 Å². The first-order valence-corrected chi connectivity index (χ1v) is 10.1. The summed E-state index contributed by atoms with van der Waals surface area (Å²) in [6.45, 7) is 5.67. The zero-order valence-electron chi connectivity index (χ0n) is 15.9. The third kappa shape index (κ3) is 3.92. The van der Waals surface area contributed by atoms with E-state index in [0.29, 0.717) is 49.4 Å². The van der Waals surface area contributed by atoms with Crippen molar-refractivity contribution in [3.63, 3.8) is 0 Å². The van der Waals surface area contributed by atoms with E-state index in [0.717, 1.165) is 0 Å². The third-order valence-corrected chi connectivity index (χ3v) is 6.61. The largest absolute Gasteiger partial charge is 0.493 e. The summed E-state index contributed by atoms with van der Waals surface area (Å²) in [6.07, 6.45) is 0. The van der Waals surface area contributed by atoms with Crippen molar-refractivity contribution in [2.24, 2.45) is 0 Å². The van der Waals surface area contributed by atoms with Gasteiger partial charge in [-0.15, -0.1) is 0 Å². The van der Waals surface area contributed by atoms with Crippen LogP contribution in [-0.4, -0.2) is 68.2 Å². The molecule has 1 aromatic carbocycles. The molecule has 0 radical (unpaired) electrons. The van der Waals surface area contributed by atoms with E-state index < -0.39 is 10.0 Å². The lowest BCUT2D eigenvalue weighted by Gasteiger charge is -2.36. The second-order valence-electron chi connectivity index (χ2n) is 6.31. The molecular formula is C17H24N4O5S. The Hall–Kier alpha value is -2.17. The number of rotatable bonds is 6. The maximum atomic E-state index is 13.0. The van der Waals surface area contributed by atoms with Crippen molar-refractivity contribution in [2.45, 2.75) is 24.8 Å². The Bertz CT molecular complexity index is 890. The minimum atomic E-state index is -3.61. The van der Waals surface area contributed by atoms with Gasteiger partial charge in [0, 0.05) is 32.2 Å². The molecule has 0 saturated carbocycles. The van der Waals surface area contributed by atoms with Crippen molar-refractivity contribution in [3.8, 4) is 11.5 Å². The lowest BCUT2D eigenvalue weighted by Crippen LogP contribution is -2.49. The molecule has 27 heavy (non-hydrogen) atoms. The highest BCUT2D eigenvalue weighted by Crippen LogP contribution is 2.31. The van der Waals surface area contributed by atoms with Crippen LogP contribution in [0.4, 0.5) is 0 Å². The zero-order valence-corrected chi connectivity index (χ0v) is 16.7. The number of nitrogens with zero attached hydrogens (tertiary/aromatic N) is 4. The van der Waals surface area contributed by atoms with Gasteiger partial charge in [-0.3, -0.25) is 4.90 Å². The number of piperazine rings is 1. The minimum Gasteiger partial charge on any atom is -0.493 e. The molecule has 2 aromatic rings. The van der Waals surface area contributed by atoms with Gasteiger partial charge in [-0.25, -0.2) is 8.42 Å². The molecule has 0 spiro atoms. The van der Waals surface area contributed by atoms with Crippen LogP contribution >= 0.6 is 0 Å². The van der Waals surface area contributed by atoms with E-state index in [2.05, 4.69) is 15.0 Å². The SMILES string of the molecule is COc1ccc(S(=O)(=O)N2CCN([C@H](C)c3nc(C)no3)CC2)cc1OC. The smallest absolute Gasteiger partial charge is 0.243 e. The molecular weight excluding hydrogens is 372 g/mol. The predicted molar refractivity (Wildman–Crippen MR) is 97.3 cm³/mol. The molecule has 0 amide bonds. The summed E-state index contributed by atoms with van der Waals surface area (Å²) in [5.74, 6) is 2.01. The van der Waals surface area contributed by atoms with Gasteiger partial charge in [0.15, 0.2) is 17.3 Å². The molecule has 0 aliphatic carbocycles. The second-order valence-corrected chi connectivity index (χ2v) is 8.25. The third-order valence-electron chi connectivity index (χ3n) is 4.71. The Morgan fingerprint density at radius 2 is 1.78 bits per heavy atom. The monoisotopic (exact) mass is 396 g/mol. The average Bonchev–Trinajstić information content (AvgIpc) is 3.13. The fraction of sp³-hybridized carbons (Fsp3) is 0.529. The molecule has 1 aliphatic rings. The van der Waals surface area contributed by atoms with Gasteiger partial charge >= 0.3 is 0 Å². The highest BCUT2D eigenvalue weighted by atomic mass is 32.2. The number of methoxy groups -OCH3 is 2. The summed E-state index contributed by atoms with van der Waals surface area (Å²) < 4.78 is 43.1. The topological polar surface area (TPSA) is 98.0 Å². The molecule has 1 fully saturated rings. The van der Waals surface area contributed by atoms with Crippen molar-refractivity contribution < 1.29 is 22.4 Å². The molecule has 3 rings (SSSR count). The van der Waals surface area contributed by atoms with Crippen molar-refractivity contribution in [3.05, 3.63) is 29.9 Å². The summed E-state index contributed by atoms with van der Waals surface area (Å²) in [7, 11) is -0.619. The van der Waals surface area contributed by atoms with Crippen molar-refractivity contribution in [1.29, 1.82) is 0 Å². The second kappa shape index (κ2) is 7.83. The van der Waals surface area contributed by atoms with Crippen LogP contribution in [0, 0.1) is 6.92 Å². The normalized spacial score (nSPS) is 17.6. The van der Waals surface area contributed by atoms with Crippen LogP contribution < -0.4 is 9.47 Å². The Morgan fingerprint density at radius 3 is 2.33 bits per heavy atom. The Labute approximate surface area is 158 Å². The maximum Gasteiger partial charge on any atom is 0.243 e. The van der Waals surface area contributed by atoms with Crippen LogP contribution in [0.5, 0.6) is 11.5 Å². The number of ether oxygens (including phenoxy) is 2. The predicted octanol–water partition coefficient (Wildman–Crippen LogP) is 1.46. The van der Waals surface area contributed by atoms with Gasteiger partial charge in [0.05, 0.1) is 25.2 Å². The van der Waals surface area contributed by atoms with Crippen molar-refractivity contribution >= 4 is 10.0 Å². The Balaban J connectivity index is 1.71. The van der Waals surface area contributed by atoms with Crippen LogP contribution in [0.3, 0.4) is 0 Å². The molecule has 148 valence electrons. The summed E-state index contributed by atoms with van der Waals surface area (Å²) in [5, 5.41) is 3.82. The molecule has 0 N–H and O–H groups in total. The van der Waals surface area contributed by atoms with Gasteiger partial charge in [-0.05, 0) is 26.0 Å². The molecule has 1 atom stereocenters. The zero-order chi connectivity index (χ0) is 19.6. The van der Waals surface area contributed by atoms with Gasteiger partial charge in [0.25, 0.3) is 0 Å². The first-order valence-electron chi connectivity index (χ1n) is 8.63. The van der Waals surface area contributed by atoms with Crippen LogP contribution in [0.25, 0.3) is 0 Å². The van der Waals surface area contributed by atoms with Crippen molar-refractivity contribution in [1.82, 2.24) is 19.3 Å². The standard InChI is InChI=1S/C17H24N4O5S/c1-12(17-18-13(2)19-26-17)20-7-9-21(10-8-20)27(22,23)14-5-6-15(24-3)16(11-14)25-4/h5-6,11-12H,7-10H2,1-4H3/t12-/m1/s1. The van der Waals surface area contributed by atoms with Gasteiger partial charge < -0.3 is 14.0 Å². The Kier molecular flexibility index (Phi) is 5.68. The van der Waals surface area contributed by atoms with Gasteiger partial charge in [-0.1, -0.05) is 5.16 Å². The van der Waals surface area contributed by atoms with Gasteiger partial charge in [0.1, 0.15) is 0 Å². The minimum absolute atomic E-state index is 0.0582. The maximum absolute atomic E-state index is 13.0. The van der Waals surface area contributed by atoms with E-state index in [4.69, 9.17) is 14.0 Å². The number of hydrogen-bond donors (Lipinski definition) is 0. The van der Waals surface area contributed by atoms with Crippen LogP contribution in [0.15, 0.2) is 27.6 Å². The van der Waals surface area contributed by atoms with E-state index in [1.54, 1.807) is 13.0 Å². The molecule has 9 nitrogen and oxygen atoms in total. The first-order chi connectivity index (χ1) is 12.9. The van der Waals surface area contributed by atoms with Gasteiger partial charge in [-0.2, -0.15) is 9.29 Å². The van der Waals surface area contributed by atoms with E-state index in [1.807, 2.05) is 6.92 Å². The lowest BCUT2D eigenvalue weighted by atomic mass is 10.2. The summed E-state index contributed by atoms with van der Waals surface area (Å²) >= 11 is 0. The molecule has 0 bridgehead atoms. The lowest BCUT2D eigenvalue weighted by molar-refractivity contribution is 0.124.